The topological polar surface area (TPSA) is 84.5 Å². The molecule has 0 aliphatic rings. The highest BCUT2D eigenvalue weighted by Crippen LogP contribution is 2.07. The number of carbonyl (C=O) groups is 3. The first-order chi connectivity index (χ1) is 11.5. The average molecular weight is 346 g/mol. The number of ether oxygens (including phenoxy) is 1. The Bertz CT molecular complexity index is 713. The van der Waals surface area contributed by atoms with E-state index in [1.807, 2.05) is 30.5 Å². The zero-order valence-corrected chi connectivity index (χ0v) is 14.0. The molecule has 0 fully saturated rings. The lowest BCUT2D eigenvalue weighted by molar-refractivity contribution is -0.147. The van der Waals surface area contributed by atoms with Crippen LogP contribution in [0.15, 0.2) is 41.8 Å². The predicted octanol–water partition coefficient (Wildman–Crippen LogP) is 1.65. The number of thiophene rings is 1. The fourth-order valence-electron chi connectivity index (χ4n) is 1.89. The van der Waals surface area contributed by atoms with Crippen LogP contribution in [-0.2, 0) is 20.9 Å². The van der Waals surface area contributed by atoms with Crippen molar-refractivity contribution < 1.29 is 19.1 Å². The van der Waals surface area contributed by atoms with E-state index in [-0.39, 0.29) is 25.0 Å². The van der Waals surface area contributed by atoms with E-state index in [2.05, 4.69) is 10.6 Å². The zero-order valence-electron chi connectivity index (χ0n) is 13.2. The summed E-state index contributed by atoms with van der Waals surface area (Å²) in [4.78, 5) is 36.0. The molecule has 0 unspecified atom stereocenters. The molecule has 0 spiro atoms. The Labute approximate surface area is 143 Å². The van der Waals surface area contributed by atoms with Gasteiger partial charge in [0.2, 0.25) is 0 Å². The van der Waals surface area contributed by atoms with Crippen LogP contribution in [0.4, 0.5) is 0 Å². The lowest BCUT2D eigenvalue weighted by Gasteiger charge is -2.07. The molecule has 24 heavy (non-hydrogen) atoms. The summed E-state index contributed by atoms with van der Waals surface area (Å²) >= 11 is 1.53. The van der Waals surface area contributed by atoms with E-state index in [0.29, 0.717) is 12.1 Å². The third-order valence-corrected chi connectivity index (χ3v) is 3.95. The molecule has 2 rings (SSSR count). The molecule has 2 aromatic rings. The normalized spacial score (nSPS) is 10.0. The summed E-state index contributed by atoms with van der Waals surface area (Å²) in [5, 5.41) is 7.02. The molecule has 7 heteroatoms. The Morgan fingerprint density at radius 1 is 1.12 bits per heavy atom. The van der Waals surface area contributed by atoms with E-state index in [0.717, 1.165) is 10.4 Å². The van der Waals surface area contributed by atoms with E-state index in [1.165, 1.54) is 11.3 Å². The van der Waals surface area contributed by atoms with Crippen LogP contribution in [0.1, 0.15) is 20.8 Å². The minimum absolute atomic E-state index is 0.287. The fraction of sp³-hybridized carbons (Fsp3) is 0.235. The number of benzene rings is 1. The molecule has 0 saturated carbocycles. The summed E-state index contributed by atoms with van der Waals surface area (Å²) in [7, 11) is 0. The minimum atomic E-state index is -0.665. The van der Waals surface area contributed by atoms with Gasteiger partial charge in [-0.15, -0.1) is 11.3 Å². The van der Waals surface area contributed by atoms with Gasteiger partial charge < -0.3 is 15.4 Å². The van der Waals surface area contributed by atoms with Crippen LogP contribution in [-0.4, -0.2) is 30.9 Å². The van der Waals surface area contributed by atoms with Crippen LogP contribution in [0.2, 0.25) is 0 Å². The number of hydrogen-bond donors (Lipinski definition) is 2. The maximum Gasteiger partial charge on any atom is 0.325 e. The Morgan fingerprint density at radius 3 is 2.67 bits per heavy atom. The molecule has 1 aromatic carbocycles. The zero-order chi connectivity index (χ0) is 17.4. The Kier molecular flexibility index (Phi) is 6.51. The molecule has 126 valence electrons. The lowest BCUT2D eigenvalue weighted by Crippen LogP contribution is -2.33. The van der Waals surface area contributed by atoms with Gasteiger partial charge in [-0.1, -0.05) is 23.8 Å². The smallest absolute Gasteiger partial charge is 0.325 e. The van der Waals surface area contributed by atoms with E-state index in [9.17, 15) is 14.4 Å². The Morgan fingerprint density at radius 2 is 1.96 bits per heavy atom. The van der Waals surface area contributed by atoms with Crippen LogP contribution in [0, 0.1) is 6.92 Å². The molecule has 0 atom stereocenters. The quantitative estimate of drug-likeness (QED) is 0.747. The molecular weight excluding hydrogens is 328 g/mol. The SMILES string of the molecule is Cc1cccc(C(=O)NCC(=O)OCC(=O)NCc2cccs2)c1. The molecule has 1 heterocycles. The van der Waals surface area contributed by atoms with Crippen molar-refractivity contribution in [3.63, 3.8) is 0 Å². The van der Waals surface area contributed by atoms with Crippen LogP contribution in [0.3, 0.4) is 0 Å². The maximum absolute atomic E-state index is 11.9. The number of rotatable bonds is 7. The van der Waals surface area contributed by atoms with Crippen molar-refractivity contribution in [3.05, 3.63) is 57.8 Å². The summed E-state index contributed by atoms with van der Waals surface area (Å²) in [6.07, 6.45) is 0. The summed E-state index contributed by atoms with van der Waals surface area (Å²) in [6, 6.07) is 10.8. The van der Waals surface area contributed by atoms with Crippen molar-refractivity contribution in [1.29, 1.82) is 0 Å². The molecule has 2 N–H and O–H groups in total. The summed E-state index contributed by atoms with van der Waals surface area (Å²) in [5.74, 6) is -1.41. The highest BCUT2D eigenvalue weighted by atomic mass is 32.1. The van der Waals surface area contributed by atoms with E-state index >= 15 is 0 Å². The second-order valence-electron chi connectivity index (χ2n) is 5.07. The number of hydrogen-bond acceptors (Lipinski definition) is 5. The molecule has 2 amide bonds. The van der Waals surface area contributed by atoms with Gasteiger partial charge in [-0.3, -0.25) is 14.4 Å². The number of nitrogens with one attached hydrogen (secondary N) is 2. The van der Waals surface area contributed by atoms with E-state index in [1.54, 1.807) is 18.2 Å². The van der Waals surface area contributed by atoms with Crippen LogP contribution >= 0.6 is 11.3 Å². The van der Waals surface area contributed by atoms with E-state index < -0.39 is 5.97 Å². The molecule has 0 bridgehead atoms. The second-order valence-corrected chi connectivity index (χ2v) is 6.10. The van der Waals surface area contributed by atoms with Crippen molar-refractivity contribution in [2.24, 2.45) is 0 Å². The maximum atomic E-state index is 11.9. The molecule has 0 aliphatic heterocycles. The van der Waals surface area contributed by atoms with Crippen molar-refractivity contribution in [1.82, 2.24) is 10.6 Å². The first kappa shape index (κ1) is 17.7. The van der Waals surface area contributed by atoms with Crippen molar-refractivity contribution >= 4 is 29.1 Å². The first-order valence-electron chi connectivity index (χ1n) is 7.34. The van der Waals surface area contributed by atoms with Gasteiger partial charge in [0.25, 0.3) is 11.8 Å². The number of carbonyl (C=O) groups excluding carboxylic acids is 3. The highest BCUT2D eigenvalue weighted by Gasteiger charge is 2.11. The van der Waals surface area contributed by atoms with Gasteiger partial charge in [0, 0.05) is 10.4 Å². The van der Waals surface area contributed by atoms with Gasteiger partial charge in [-0.2, -0.15) is 0 Å². The molecule has 0 saturated heterocycles. The molecule has 0 aliphatic carbocycles. The highest BCUT2D eigenvalue weighted by molar-refractivity contribution is 7.09. The standard InChI is InChI=1S/C17H18N2O4S/c1-12-4-2-5-13(8-12)17(22)19-10-16(21)23-11-15(20)18-9-14-6-3-7-24-14/h2-8H,9-11H2,1H3,(H,18,20)(H,19,22). The van der Waals surface area contributed by atoms with Crippen molar-refractivity contribution in [2.45, 2.75) is 13.5 Å². The third-order valence-electron chi connectivity index (χ3n) is 3.08. The van der Waals surface area contributed by atoms with Gasteiger partial charge in [0.15, 0.2) is 6.61 Å². The fourth-order valence-corrected chi connectivity index (χ4v) is 2.53. The second kappa shape index (κ2) is 8.83. The van der Waals surface area contributed by atoms with Crippen molar-refractivity contribution in [3.8, 4) is 0 Å². The summed E-state index contributed by atoms with van der Waals surface area (Å²) in [6.45, 7) is 1.62. The number of amides is 2. The summed E-state index contributed by atoms with van der Waals surface area (Å²) in [5.41, 5.74) is 1.42. The van der Waals surface area contributed by atoms with Gasteiger partial charge in [-0.25, -0.2) is 0 Å². The molecule has 6 nitrogen and oxygen atoms in total. The molecule has 0 radical (unpaired) electrons. The van der Waals surface area contributed by atoms with Gasteiger partial charge in [-0.05, 0) is 30.5 Å². The van der Waals surface area contributed by atoms with E-state index in [4.69, 9.17) is 4.74 Å². The number of esters is 1. The number of aryl methyl sites for hydroxylation is 1. The largest absolute Gasteiger partial charge is 0.454 e. The van der Waals surface area contributed by atoms with Crippen LogP contribution in [0.5, 0.6) is 0 Å². The van der Waals surface area contributed by atoms with Crippen LogP contribution < -0.4 is 10.6 Å². The van der Waals surface area contributed by atoms with Gasteiger partial charge in [0.1, 0.15) is 6.54 Å². The summed E-state index contributed by atoms with van der Waals surface area (Å²) < 4.78 is 4.82. The Balaban J connectivity index is 1.65. The monoisotopic (exact) mass is 346 g/mol. The first-order valence-corrected chi connectivity index (χ1v) is 8.22. The van der Waals surface area contributed by atoms with Gasteiger partial charge in [0.05, 0.1) is 6.54 Å². The lowest BCUT2D eigenvalue weighted by atomic mass is 10.1. The minimum Gasteiger partial charge on any atom is -0.454 e. The third kappa shape index (κ3) is 5.85. The van der Waals surface area contributed by atoms with Gasteiger partial charge >= 0.3 is 5.97 Å². The average Bonchev–Trinajstić information content (AvgIpc) is 3.09. The molecular formula is C17H18N2O4S. The predicted molar refractivity (Wildman–Crippen MR) is 90.6 cm³/mol. The Hall–Kier alpha value is -2.67. The van der Waals surface area contributed by atoms with Crippen LogP contribution in [0.25, 0.3) is 0 Å². The van der Waals surface area contributed by atoms with Crippen molar-refractivity contribution in [2.75, 3.05) is 13.2 Å². The molecule has 1 aromatic heterocycles.